The first-order valence-electron chi connectivity index (χ1n) is 11.5. The predicted octanol–water partition coefficient (Wildman–Crippen LogP) is 7.81. The van der Waals surface area contributed by atoms with Gasteiger partial charge in [-0.15, -0.1) is 11.3 Å². The maximum absolute atomic E-state index is 13.9. The number of hydrogen-bond donors (Lipinski definition) is 0. The zero-order chi connectivity index (χ0) is 25.3. The van der Waals surface area contributed by atoms with E-state index in [1.54, 1.807) is 26.8 Å². The standard InChI is InChI=1S/C29H24N2O4S/c1-29(2,3)35-28(33)31(26(32)23-18-21-16-10-11-17-22(21)36-23)27-24(19-12-6-4-7-13-19)30-25(34-27)20-14-8-5-9-15-20/h4-18H,1-3H3. The van der Waals surface area contributed by atoms with Crippen molar-refractivity contribution in [1.29, 1.82) is 0 Å². The van der Waals surface area contributed by atoms with Crippen LogP contribution in [0.15, 0.2) is 95.4 Å². The molecule has 0 atom stereocenters. The Bertz CT molecular complexity index is 1500. The summed E-state index contributed by atoms with van der Waals surface area (Å²) in [5.74, 6) is -0.239. The monoisotopic (exact) mass is 496 g/mol. The molecule has 2 aromatic heterocycles. The largest absolute Gasteiger partial charge is 0.443 e. The Labute approximate surface area is 212 Å². The molecular weight excluding hydrogens is 472 g/mol. The first-order chi connectivity index (χ1) is 17.3. The fraction of sp³-hybridized carbons (Fsp3) is 0.138. The van der Waals surface area contributed by atoms with Gasteiger partial charge in [0.05, 0.1) is 4.88 Å². The molecule has 0 N–H and O–H groups in total. The molecule has 0 unspecified atom stereocenters. The van der Waals surface area contributed by atoms with Crippen molar-refractivity contribution in [1.82, 2.24) is 4.98 Å². The second-order valence-electron chi connectivity index (χ2n) is 9.17. The van der Waals surface area contributed by atoms with Crippen molar-refractivity contribution >= 4 is 39.3 Å². The van der Waals surface area contributed by atoms with Gasteiger partial charge in [-0.2, -0.15) is 4.90 Å². The first-order valence-corrected chi connectivity index (χ1v) is 12.3. The Morgan fingerprint density at radius 1 is 0.861 bits per heavy atom. The van der Waals surface area contributed by atoms with Gasteiger partial charge in [-0.3, -0.25) is 4.79 Å². The molecule has 0 saturated heterocycles. The van der Waals surface area contributed by atoms with Gasteiger partial charge >= 0.3 is 6.09 Å². The molecule has 0 radical (unpaired) electrons. The van der Waals surface area contributed by atoms with Crippen LogP contribution < -0.4 is 4.90 Å². The number of carbonyl (C=O) groups is 2. The molecule has 2 amide bonds. The minimum atomic E-state index is -0.835. The van der Waals surface area contributed by atoms with E-state index < -0.39 is 17.6 Å². The molecule has 0 bridgehead atoms. The molecule has 0 spiro atoms. The Kier molecular flexibility index (Phi) is 6.16. The summed E-state index contributed by atoms with van der Waals surface area (Å²) in [5.41, 5.74) is 0.968. The van der Waals surface area contributed by atoms with E-state index in [-0.39, 0.29) is 5.88 Å². The number of amides is 2. The molecule has 0 aliphatic heterocycles. The van der Waals surface area contributed by atoms with Gasteiger partial charge in [0.15, 0.2) is 0 Å². The zero-order valence-corrected chi connectivity index (χ0v) is 20.9. The summed E-state index contributed by atoms with van der Waals surface area (Å²) in [5, 5.41) is 0.917. The summed E-state index contributed by atoms with van der Waals surface area (Å²) >= 11 is 1.31. The van der Waals surface area contributed by atoms with E-state index in [1.807, 2.05) is 84.9 Å². The Balaban J connectivity index is 1.69. The molecule has 0 saturated carbocycles. The Hall–Kier alpha value is -4.23. The average Bonchev–Trinajstić information content (AvgIpc) is 3.49. The highest BCUT2D eigenvalue weighted by atomic mass is 32.1. The van der Waals surface area contributed by atoms with Crippen molar-refractivity contribution in [3.8, 4) is 22.7 Å². The number of rotatable bonds is 4. The van der Waals surface area contributed by atoms with Crippen LogP contribution in [0.4, 0.5) is 10.7 Å². The highest BCUT2D eigenvalue weighted by Crippen LogP contribution is 2.38. The highest BCUT2D eigenvalue weighted by Gasteiger charge is 2.36. The molecule has 2 heterocycles. The minimum Gasteiger partial charge on any atom is -0.443 e. The Morgan fingerprint density at radius 3 is 2.11 bits per heavy atom. The van der Waals surface area contributed by atoms with Gasteiger partial charge in [-0.25, -0.2) is 9.78 Å². The van der Waals surface area contributed by atoms with Crippen LogP contribution in [0, 0.1) is 0 Å². The van der Waals surface area contributed by atoms with E-state index in [1.165, 1.54) is 11.3 Å². The summed E-state index contributed by atoms with van der Waals surface area (Å²) in [6.45, 7) is 5.25. The number of benzene rings is 3. The highest BCUT2D eigenvalue weighted by molar-refractivity contribution is 7.21. The molecule has 6 nitrogen and oxygen atoms in total. The third-order valence-corrected chi connectivity index (χ3v) is 6.40. The van der Waals surface area contributed by atoms with Crippen LogP contribution in [0.3, 0.4) is 0 Å². The quantitative estimate of drug-likeness (QED) is 0.254. The number of carbonyl (C=O) groups excluding carboxylic acids is 2. The molecule has 5 rings (SSSR count). The lowest BCUT2D eigenvalue weighted by molar-refractivity contribution is 0.0559. The van der Waals surface area contributed by atoms with E-state index in [4.69, 9.17) is 14.1 Å². The number of fused-ring (bicyclic) bond motifs is 1. The van der Waals surface area contributed by atoms with Crippen LogP contribution in [-0.4, -0.2) is 22.6 Å². The van der Waals surface area contributed by atoms with Crippen LogP contribution >= 0.6 is 11.3 Å². The van der Waals surface area contributed by atoms with E-state index in [0.717, 1.165) is 20.5 Å². The van der Waals surface area contributed by atoms with Crippen molar-refractivity contribution < 1.29 is 18.7 Å². The van der Waals surface area contributed by atoms with Gasteiger partial charge in [0.25, 0.3) is 5.91 Å². The van der Waals surface area contributed by atoms with E-state index in [0.29, 0.717) is 22.0 Å². The number of ether oxygens (including phenoxy) is 1. The van der Waals surface area contributed by atoms with Crippen LogP contribution in [0.25, 0.3) is 32.8 Å². The van der Waals surface area contributed by atoms with Crippen molar-refractivity contribution in [3.63, 3.8) is 0 Å². The van der Waals surface area contributed by atoms with Crippen molar-refractivity contribution in [3.05, 3.63) is 95.9 Å². The molecule has 180 valence electrons. The SMILES string of the molecule is CC(C)(C)OC(=O)N(C(=O)c1cc2ccccc2s1)c1oc(-c2ccccc2)nc1-c1ccccc1. The molecule has 5 aromatic rings. The third-order valence-electron chi connectivity index (χ3n) is 5.30. The number of anilines is 1. The summed E-state index contributed by atoms with van der Waals surface area (Å²) < 4.78 is 12.8. The summed E-state index contributed by atoms with van der Waals surface area (Å²) in [6.07, 6.45) is -0.835. The average molecular weight is 497 g/mol. The third kappa shape index (κ3) is 4.78. The van der Waals surface area contributed by atoms with Crippen LogP contribution in [0.1, 0.15) is 30.4 Å². The lowest BCUT2D eigenvalue weighted by Gasteiger charge is -2.24. The summed E-state index contributed by atoms with van der Waals surface area (Å²) in [7, 11) is 0. The van der Waals surface area contributed by atoms with E-state index in [9.17, 15) is 9.59 Å². The summed E-state index contributed by atoms with van der Waals surface area (Å²) in [6, 6.07) is 28.1. The summed E-state index contributed by atoms with van der Waals surface area (Å²) in [4.78, 5) is 33.5. The number of oxazole rings is 1. The first kappa shape index (κ1) is 23.5. The van der Waals surface area contributed by atoms with Gasteiger partial charge in [0, 0.05) is 15.8 Å². The maximum atomic E-state index is 13.9. The molecule has 0 fully saturated rings. The lowest BCUT2D eigenvalue weighted by atomic mass is 10.1. The number of nitrogens with zero attached hydrogens (tertiary/aromatic N) is 2. The Morgan fingerprint density at radius 2 is 1.47 bits per heavy atom. The normalized spacial score (nSPS) is 11.4. The van der Waals surface area contributed by atoms with Gasteiger partial charge in [0.2, 0.25) is 11.8 Å². The molecule has 7 heteroatoms. The minimum absolute atomic E-state index is 0.0109. The smallest absolute Gasteiger partial charge is 0.424 e. The second kappa shape index (κ2) is 9.43. The molecule has 0 aliphatic rings. The fourth-order valence-electron chi connectivity index (χ4n) is 3.71. The van der Waals surface area contributed by atoms with E-state index in [2.05, 4.69) is 0 Å². The van der Waals surface area contributed by atoms with Crippen molar-refractivity contribution in [2.45, 2.75) is 26.4 Å². The topological polar surface area (TPSA) is 72.6 Å². The number of imide groups is 1. The van der Waals surface area contributed by atoms with Gasteiger partial charge in [0.1, 0.15) is 11.3 Å². The molecule has 3 aromatic carbocycles. The molecule has 0 aliphatic carbocycles. The van der Waals surface area contributed by atoms with Crippen molar-refractivity contribution in [2.75, 3.05) is 4.90 Å². The molecule has 36 heavy (non-hydrogen) atoms. The number of hydrogen-bond acceptors (Lipinski definition) is 6. The van der Waals surface area contributed by atoms with Crippen molar-refractivity contribution in [2.24, 2.45) is 0 Å². The van der Waals surface area contributed by atoms with Crippen LogP contribution in [-0.2, 0) is 4.74 Å². The van der Waals surface area contributed by atoms with Gasteiger partial charge in [-0.05, 0) is 50.4 Å². The van der Waals surface area contributed by atoms with Crippen LogP contribution in [0.5, 0.6) is 0 Å². The molecular formula is C29H24N2O4S. The van der Waals surface area contributed by atoms with Gasteiger partial charge in [-0.1, -0.05) is 66.7 Å². The predicted molar refractivity (Wildman–Crippen MR) is 142 cm³/mol. The fourth-order valence-corrected chi connectivity index (χ4v) is 4.71. The van der Waals surface area contributed by atoms with Gasteiger partial charge < -0.3 is 9.15 Å². The lowest BCUT2D eigenvalue weighted by Crippen LogP contribution is -2.41. The number of thiophene rings is 1. The second-order valence-corrected chi connectivity index (χ2v) is 10.3. The zero-order valence-electron chi connectivity index (χ0n) is 20.1. The van der Waals surface area contributed by atoms with E-state index >= 15 is 0 Å². The maximum Gasteiger partial charge on any atom is 0.424 e. The number of aromatic nitrogens is 1. The van der Waals surface area contributed by atoms with Crippen LogP contribution in [0.2, 0.25) is 0 Å².